The number of benzene rings is 2. The topological polar surface area (TPSA) is 110 Å². The van der Waals surface area contributed by atoms with Crippen molar-refractivity contribution in [3.8, 4) is 11.5 Å². The number of esters is 1. The number of phenols is 1. The van der Waals surface area contributed by atoms with E-state index >= 15 is 0 Å². The van der Waals surface area contributed by atoms with E-state index < -0.39 is 18.3 Å². The van der Waals surface area contributed by atoms with Crippen LogP contribution in [0.3, 0.4) is 0 Å². The van der Waals surface area contributed by atoms with Crippen molar-refractivity contribution in [2.75, 3.05) is 25.6 Å². The van der Waals surface area contributed by atoms with Gasteiger partial charge in [-0.05, 0) is 67.8 Å². The molecular weight excluding hydrogens is 414 g/mol. The number of piperidine rings is 1. The highest BCUT2D eigenvalue weighted by molar-refractivity contribution is 5.91. The van der Waals surface area contributed by atoms with Crippen molar-refractivity contribution < 1.29 is 28.9 Å². The van der Waals surface area contributed by atoms with E-state index in [1.807, 2.05) is 0 Å². The molecule has 0 bridgehead atoms. The van der Waals surface area contributed by atoms with Gasteiger partial charge in [0.15, 0.2) is 17.7 Å². The summed E-state index contributed by atoms with van der Waals surface area (Å²) in [7, 11) is 1.48. The molecule has 170 valence electrons. The van der Waals surface area contributed by atoms with Gasteiger partial charge >= 0.3 is 12.1 Å². The second kappa shape index (κ2) is 11.0. The molecular formula is C23H27N3O6. The van der Waals surface area contributed by atoms with E-state index in [-0.39, 0.29) is 5.75 Å². The Morgan fingerprint density at radius 2 is 2.00 bits per heavy atom. The Kier molecular flexibility index (Phi) is 7.91. The molecule has 3 rings (SSSR count). The van der Waals surface area contributed by atoms with Crippen molar-refractivity contribution >= 4 is 24.0 Å². The molecule has 9 nitrogen and oxygen atoms in total. The molecule has 9 heteroatoms. The van der Waals surface area contributed by atoms with Crippen molar-refractivity contribution in [3.63, 3.8) is 0 Å². The second-order valence-electron chi connectivity index (χ2n) is 7.12. The second-order valence-corrected chi connectivity index (χ2v) is 7.12. The predicted octanol–water partition coefficient (Wildman–Crippen LogP) is 3.97. The average Bonchev–Trinajstić information content (AvgIpc) is 2.79. The van der Waals surface area contributed by atoms with Gasteiger partial charge in [0, 0.05) is 18.7 Å². The van der Waals surface area contributed by atoms with E-state index in [0.29, 0.717) is 42.1 Å². The molecule has 0 spiro atoms. The zero-order valence-corrected chi connectivity index (χ0v) is 18.1. The summed E-state index contributed by atoms with van der Waals surface area (Å²) in [6.45, 7) is 2.68. The molecule has 2 aromatic carbocycles. The molecule has 1 aliphatic rings. The van der Waals surface area contributed by atoms with Crippen LogP contribution in [0.4, 0.5) is 10.5 Å². The number of nitrogens with one attached hydrogen (secondary N) is 1. The summed E-state index contributed by atoms with van der Waals surface area (Å²) in [5.74, 6) is -0.00736. The lowest BCUT2D eigenvalue weighted by Gasteiger charge is -2.32. The summed E-state index contributed by atoms with van der Waals surface area (Å²) in [4.78, 5) is 24.1. The van der Waals surface area contributed by atoms with Gasteiger partial charge in [0.1, 0.15) is 0 Å². The van der Waals surface area contributed by atoms with Gasteiger partial charge in [0.05, 0.1) is 25.5 Å². The molecule has 1 amide bonds. The molecule has 0 saturated carbocycles. The normalized spacial score (nSPS) is 15.9. The van der Waals surface area contributed by atoms with Gasteiger partial charge in [-0.2, -0.15) is 5.10 Å². The number of methoxy groups -OCH3 is 1. The van der Waals surface area contributed by atoms with Crippen LogP contribution in [-0.4, -0.2) is 54.9 Å². The summed E-state index contributed by atoms with van der Waals surface area (Å²) in [6, 6.07) is 11.4. The van der Waals surface area contributed by atoms with Gasteiger partial charge < -0.3 is 19.3 Å². The molecule has 0 aliphatic carbocycles. The highest BCUT2D eigenvalue weighted by Gasteiger charge is 2.24. The van der Waals surface area contributed by atoms with Crippen LogP contribution in [0.5, 0.6) is 11.5 Å². The van der Waals surface area contributed by atoms with Crippen LogP contribution in [0.2, 0.25) is 0 Å². The number of nitrogens with zero attached hydrogens (tertiary/aromatic N) is 2. The third-order valence-corrected chi connectivity index (χ3v) is 4.86. The molecule has 32 heavy (non-hydrogen) atoms. The number of anilines is 1. The summed E-state index contributed by atoms with van der Waals surface area (Å²) in [5, 5.41) is 18.7. The first-order valence-electron chi connectivity index (χ1n) is 10.4. The molecule has 1 saturated heterocycles. The van der Waals surface area contributed by atoms with Crippen LogP contribution in [0.15, 0.2) is 47.6 Å². The number of carbonyl (C=O) groups excluding carboxylic acids is 2. The van der Waals surface area contributed by atoms with Crippen LogP contribution < -0.4 is 10.1 Å². The summed E-state index contributed by atoms with van der Waals surface area (Å²) < 4.78 is 15.6. The van der Waals surface area contributed by atoms with Crippen molar-refractivity contribution in [2.45, 2.75) is 32.4 Å². The van der Waals surface area contributed by atoms with E-state index in [1.54, 1.807) is 60.6 Å². The van der Waals surface area contributed by atoms with E-state index in [4.69, 9.17) is 14.2 Å². The molecule has 1 atom stereocenters. The third kappa shape index (κ3) is 6.13. The van der Waals surface area contributed by atoms with E-state index in [1.165, 1.54) is 7.11 Å². The lowest BCUT2D eigenvalue weighted by atomic mass is 10.1. The van der Waals surface area contributed by atoms with E-state index in [9.17, 15) is 14.7 Å². The van der Waals surface area contributed by atoms with Crippen LogP contribution in [0.25, 0.3) is 0 Å². The molecule has 0 aromatic heterocycles. The zero-order chi connectivity index (χ0) is 22.9. The Morgan fingerprint density at radius 3 is 2.69 bits per heavy atom. The Labute approximate surface area is 186 Å². The number of carbonyl (C=O) groups is 2. The Hall–Kier alpha value is -3.75. The molecule has 2 aromatic rings. The molecule has 1 heterocycles. The summed E-state index contributed by atoms with van der Waals surface area (Å²) >= 11 is 0. The fourth-order valence-electron chi connectivity index (χ4n) is 3.24. The number of ether oxygens (including phenoxy) is 3. The van der Waals surface area contributed by atoms with Gasteiger partial charge in [0.25, 0.3) is 0 Å². The van der Waals surface area contributed by atoms with Gasteiger partial charge in [-0.25, -0.2) is 9.59 Å². The molecule has 1 aliphatic heterocycles. The number of amides is 1. The van der Waals surface area contributed by atoms with Crippen LogP contribution in [-0.2, 0) is 9.47 Å². The fraction of sp³-hybridized carbons (Fsp3) is 0.348. The fourth-order valence-corrected chi connectivity index (χ4v) is 3.24. The first kappa shape index (κ1) is 22.9. The first-order valence-corrected chi connectivity index (χ1v) is 10.4. The number of phenolic OH excluding ortho intramolecular Hbond substituents is 1. The predicted molar refractivity (Wildman–Crippen MR) is 119 cm³/mol. The van der Waals surface area contributed by atoms with Gasteiger partial charge in [-0.15, -0.1) is 0 Å². The highest BCUT2D eigenvalue weighted by Crippen LogP contribution is 2.26. The van der Waals surface area contributed by atoms with E-state index in [2.05, 4.69) is 10.4 Å². The molecule has 0 radical (unpaired) electrons. The summed E-state index contributed by atoms with van der Waals surface area (Å²) in [6.07, 6.45) is 2.99. The standard InChI is InChI=1S/C23H27N3O6/c1-3-31-22(28)17-8-10-18(11-9-17)25-23(29)32-21-6-4-5-13-26(21)24-15-16-7-12-20(30-2)19(27)14-16/h7-12,14-15,21,27H,3-6,13H2,1-2H3,(H,25,29). The minimum atomic E-state index is -0.608. The van der Waals surface area contributed by atoms with Crippen LogP contribution >= 0.6 is 0 Å². The number of hydrogen-bond donors (Lipinski definition) is 2. The smallest absolute Gasteiger partial charge is 0.413 e. The quantitative estimate of drug-likeness (QED) is 0.494. The number of hydrogen-bond acceptors (Lipinski definition) is 8. The zero-order valence-electron chi connectivity index (χ0n) is 18.1. The maximum absolute atomic E-state index is 12.4. The maximum atomic E-state index is 12.4. The summed E-state index contributed by atoms with van der Waals surface area (Å²) in [5.41, 5.74) is 1.60. The van der Waals surface area contributed by atoms with Crippen molar-refractivity contribution in [3.05, 3.63) is 53.6 Å². The number of hydrazone groups is 1. The minimum Gasteiger partial charge on any atom is -0.504 e. The van der Waals surface area contributed by atoms with E-state index in [0.717, 1.165) is 12.8 Å². The maximum Gasteiger partial charge on any atom is 0.413 e. The monoisotopic (exact) mass is 441 g/mol. The molecule has 1 unspecified atom stereocenters. The molecule has 2 N–H and O–H groups in total. The third-order valence-electron chi connectivity index (χ3n) is 4.86. The van der Waals surface area contributed by atoms with Crippen molar-refractivity contribution in [2.24, 2.45) is 5.10 Å². The lowest BCUT2D eigenvalue weighted by molar-refractivity contribution is -0.0297. The van der Waals surface area contributed by atoms with Crippen LogP contribution in [0, 0.1) is 0 Å². The highest BCUT2D eigenvalue weighted by atomic mass is 16.6. The SMILES string of the molecule is CCOC(=O)c1ccc(NC(=O)OC2CCCCN2N=Cc2ccc(OC)c(O)c2)cc1. The number of rotatable bonds is 7. The first-order chi connectivity index (χ1) is 15.5. The molecule has 1 fully saturated rings. The lowest BCUT2D eigenvalue weighted by Crippen LogP contribution is -2.40. The minimum absolute atomic E-state index is 0.0243. The van der Waals surface area contributed by atoms with Crippen LogP contribution in [0.1, 0.15) is 42.1 Å². The Balaban J connectivity index is 1.59. The van der Waals surface area contributed by atoms with Crippen molar-refractivity contribution in [1.29, 1.82) is 0 Å². The Morgan fingerprint density at radius 1 is 1.22 bits per heavy atom. The van der Waals surface area contributed by atoms with Gasteiger partial charge in [0.2, 0.25) is 0 Å². The number of aromatic hydroxyl groups is 1. The van der Waals surface area contributed by atoms with Crippen molar-refractivity contribution in [1.82, 2.24) is 5.01 Å². The average molecular weight is 441 g/mol. The van der Waals surface area contributed by atoms with Gasteiger partial charge in [-0.1, -0.05) is 0 Å². The van der Waals surface area contributed by atoms with Gasteiger partial charge in [-0.3, -0.25) is 10.3 Å². The largest absolute Gasteiger partial charge is 0.504 e. The Bertz CT molecular complexity index is 961.